The fourth-order valence-corrected chi connectivity index (χ4v) is 5.22. The first-order chi connectivity index (χ1) is 15.5. The fraction of sp³-hybridized carbons (Fsp3) is 0.292. The van der Waals surface area contributed by atoms with Crippen LogP contribution in [0.1, 0.15) is 24.1 Å². The predicted octanol–water partition coefficient (Wildman–Crippen LogP) is 5.73. The Kier molecular flexibility index (Phi) is 5.46. The van der Waals surface area contributed by atoms with Crippen LogP contribution in [0.15, 0.2) is 42.7 Å². The van der Waals surface area contributed by atoms with E-state index in [4.69, 9.17) is 4.98 Å². The molecule has 1 N–H and O–H groups in total. The standard InChI is InChI=1S/C24H23F2N5S/c1-14-9-18(16-3-4-19(25)20(26)12-16)23-21(10-14)32-24(30-23)29-17-5-7-31(8-6-17)22-11-15(2)27-13-28-22/h3-4,9-13,17H,5-8H2,1-2H3,(H,29,30). The van der Waals surface area contributed by atoms with Crippen molar-refractivity contribution in [3.05, 3.63) is 65.6 Å². The molecule has 164 valence electrons. The number of rotatable bonds is 4. The number of aryl methyl sites for hydroxylation is 2. The molecule has 5 rings (SSSR count). The van der Waals surface area contributed by atoms with Gasteiger partial charge in [-0.25, -0.2) is 23.7 Å². The van der Waals surface area contributed by atoms with Crippen molar-refractivity contribution in [2.75, 3.05) is 23.3 Å². The van der Waals surface area contributed by atoms with Gasteiger partial charge in [0.25, 0.3) is 0 Å². The van der Waals surface area contributed by atoms with Gasteiger partial charge in [-0.2, -0.15) is 0 Å². The number of nitrogens with zero attached hydrogens (tertiary/aromatic N) is 4. The van der Waals surface area contributed by atoms with E-state index < -0.39 is 11.6 Å². The monoisotopic (exact) mass is 451 g/mol. The highest BCUT2D eigenvalue weighted by molar-refractivity contribution is 7.22. The van der Waals surface area contributed by atoms with Gasteiger partial charge in [-0.15, -0.1) is 0 Å². The molecule has 0 unspecified atom stereocenters. The molecule has 32 heavy (non-hydrogen) atoms. The van der Waals surface area contributed by atoms with Crippen molar-refractivity contribution in [3.8, 4) is 11.1 Å². The second-order valence-electron chi connectivity index (χ2n) is 8.23. The maximum Gasteiger partial charge on any atom is 0.184 e. The molecule has 2 aromatic carbocycles. The number of halogens is 2. The summed E-state index contributed by atoms with van der Waals surface area (Å²) in [6, 6.07) is 10.4. The molecular formula is C24H23F2N5S. The van der Waals surface area contributed by atoms with E-state index in [9.17, 15) is 8.78 Å². The van der Waals surface area contributed by atoms with E-state index in [0.717, 1.165) is 70.0 Å². The van der Waals surface area contributed by atoms with Crippen LogP contribution < -0.4 is 10.2 Å². The smallest absolute Gasteiger partial charge is 0.184 e. The Morgan fingerprint density at radius 3 is 2.56 bits per heavy atom. The highest BCUT2D eigenvalue weighted by Crippen LogP contribution is 2.36. The van der Waals surface area contributed by atoms with E-state index >= 15 is 0 Å². The Hall–Kier alpha value is -3.13. The molecule has 4 aromatic rings. The van der Waals surface area contributed by atoms with Crippen LogP contribution in [-0.2, 0) is 0 Å². The van der Waals surface area contributed by atoms with Crippen molar-refractivity contribution in [2.24, 2.45) is 0 Å². The van der Waals surface area contributed by atoms with Crippen LogP contribution in [0.25, 0.3) is 21.3 Å². The number of thiazole rings is 1. The molecule has 1 aliphatic rings. The molecule has 1 saturated heterocycles. The second-order valence-corrected chi connectivity index (χ2v) is 9.26. The summed E-state index contributed by atoms with van der Waals surface area (Å²) in [5.41, 5.74) is 4.28. The molecule has 0 bridgehead atoms. The van der Waals surface area contributed by atoms with Gasteiger partial charge in [0.05, 0.1) is 10.2 Å². The Balaban J connectivity index is 1.35. The average Bonchev–Trinajstić information content (AvgIpc) is 3.17. The maximum atomic E-state index is 13.8. The minimum atomic E-state index is -0.851. The summed E-state index contributed by atoms with van der Waals surface area (Å²) in [5, 5.41) is 4.44. The van der Waals surface area contributed by atoms with Gasteiger partial charge in [0.1, 0.15) is 12.1 Å². The molecular weight excluding hydrogens is 428 g/mol. The van der Waals surface area contributed by atoms with Crippen molar-refractivity contribution in [3.63, 3.8) is 0 Å². The third kappa shape index (κ3) is 4.14. The van der Waals surface area contributed by atoms with E-state index in [1.54, 1.807) is 23.7 Å². The van der Waals surface area contributed by atoms with Crippen molar-refractivity contribution in [1.29, 1.82) is 0 Å². The van der Waals surface area contributed by atoms with Crippen LogP contribution in [0.3, 0.4) is 0 Å². The number of benzene rings is 2. The van der Waals surface area contributed by atoms with Crippen LogP contribution in [-0.4, -0.2) is 34.1 Å². The molecule has 5 nitrogen and oxygen atoms in total. The van der Waals surface area contributed by atoms with Gasteiger partial charge in [-0.3, -0.25) is 0 Å². The first-order valence-corrected chi connectivity index (χ1v) is 11.4. The lowest BCUT2D eigenvalue weighted by Gasteiger charge is -2.33. The van der Waals surface area contributed by atoms with E-state index in [0.29, 0.717) is 11.6 Å². The van der Waals surface area contributed by atoms with Gasteiger partial charge in [0, 0.05) is 36.5 Å². The van der Waals surface area contributed by atoms with Crippen molar-refractivity contribution in [2.45, 2.75) is 32.7 Å². The summed E-state index contributed by atoms with van der Waals surface area (Å²) >= 11 is 1.60. The SMILES string of the molecule is Cc1cc(-c2ccc(F)c(F)c2)c2nc(NC3CCN(c4cc(C)ncn4)CC3)sc2c1. The molecule has 1 fully saturated rings. The fourth-order valence-electron chi connectivity index (χ4n) is 4.15. The van der Waals surface area contributed by atoms with Crippen LogP contribution in [0, 0.1) is 25.5 Å². The average molecular weight is 452 g/mol. The summed E-state index contributed by atoms with van der Waals surface area (Å²) in [5.74, 6) is -0.722. The van der Waals surface area contributed by atoms with Crippen molar-refractivity contribution >= 4 is 32.5 Å². The van der Waals surface area contributed by atoms with Crippen LogP contribution in [0.5, 0.6) is 0 Å². The van der Waals surface area contributed by atoms with E-state index in [1.807, 2.05) is 26.0 Å². The quantitative estimate of drug-likeness (QED) is 0.430. The number of anilines is 2. The van der Waals surface area contributed by atoms with Crippen LogP contribution in [0.2, 0.25) is 0 Å². The molecule has 1 aliphatic heterocycles. The third-order valence-electron chi connectivity index (χ3n) is 5.81. The minimum Gasteiger partial charge on any atom is -0.359 e. The Labute approximate surface area is 189 Å². The molecule has 0 amide bonds. The predicted molar refractivity (Wildman–Crippen MR) is 125 cm³/mol. The molecule has 0 radical (unpaired) electrons. The minimum absolute atomic E-state index is 0.322. The highest BCUT2D eigenvalue weighted by Gasteiger charge is 2.22. The van der Waals surface area contributed by atoms with Crippen molar-refractivity contribution in [1.82, 2.24) is 15.0 Å². The second kappa shape index (κ2) is 8.43. The number of piperidine rings is 1. The van der Waals surface area contributed by atoms with E-state index in [2.05, 4.69) is 26.3 Å². The number of hydrogen-bond acceptors (Lipinski definition) is 6. The summed E-state index contributed by atoms with van der Waals surface area (Å²) in [7, 11) is 0. The molecule has 8 heteroatoms. The lowest BCUT2D eigenvalue weighted by molar-refractivity contribution is 0.509. The number of hydrogen-bond donors (Lipinski definition) is 1. The van der Waals surface area contributed by atoms with Crippen LogP contribution >= 0.6 is 11.3 Å². The lowest BCUT2D eigenvalue weighted by Crippen LogP contribution is -2.39. The van der Waals surface area contributed by atoms with Gasteiger partial charge < -0.3 is 10.2 Å². The molecule has 3 heterocycles. The first kappa shape index (κ1) is 20.8. The zero-order valence-electron chi connectivity index (χ0n) is 17.9. The molecule has 0 aliphatic carbocycles. The Bertz CT molecular complexity index is 1280. The normalized spacial score (nSPS) is 14.8. The molecule has 0 saturated carbocycles. The highest BCUT2D eigenvalue weighted by atomic mass is 32.1. The largest absolute Gasteiger partial charge is 0.359 e. The first-order valence-electron chi connectivity index (χ1n) is 10.6. The molecule has 0 atom stereocenters. The van der Waals surface area contributed by atoms with Gasteiger partial charge in [-0.05, 0) is 62.1 Å². The molecule has 0 spiro atoms. The summed E-state index contributed by atoms with van der Waals surface area (Å²) in [4.78, 5) is 15.7. The topological polar surface area (TPSA) is 53.9 Å². The molecule has 2 aromatic heterocycles. The van der Waals surface area contributed by atoms with Gasteiger partial charge in [0.15, 0.2) is 16.8 Å². The van der Waals surface area contributed by atoms with E-state index in [-0.39, 0.29) is 0 Å². The maximum absolute atomic E-state index is 13.8. The van der Waals surface area contributed by atoms with Gasteiger partial charge in [0.2, 0.25) is 0 Å². The van der Waals surface area contributed by atoms with Gasteiger partial charge in [-0.1, -0.05) is 17.4 Å². The zero-order chi connectivity index (χ0) is 22.2. The lowest BCUT2D eigenvalue weighted by atomic mass is 10.0. The summed E-state index contributed by atoms with van der Waals surface area (Å²) < 4.78 is 28.3. The third-order valence-corrected chi connectivity index (χ3v) is 6.74. The number of nitrogens with one attached hydrogen (secondary N) is 1. The Morgan fingerprint density at radius 1 is 1.00 bits per heavy atom. The summed E-state index contributed by atoms with van der Waals surface area (Å²) in [6.45, 7) is 5.81. The summed E-state index contributed by atoms with van der Waals surface area (Å²) in [6.07, 6.45) is 3.57. The Morgan fingerprint density at radius 2 is 1.81 bits per heavy atom. The van der Waals surface area contributed by atoms with Gasteiger partial charge >= 0.3 is 0 Å². The number of aromatic nitrogens is 3. The zero-order valence-corrected chi connectivity index (χ0v) is 18.7. The van der Waals surface area contributed by atoms with Crippen LogP contribution in [0.4, 0.5) is 19.7 Å². The van der Waals surface area contributed by atoms with E-state index in [1.165, 1.54) is 6.07 Å². The number of fused-ring (bicyclic) bond motifs is 1. The van der Waals surface area contributed by atoms with Crippen molar-refractivity contribution < 1.29 is 8.78 Å².